The van der Waals surface area contributed by atoms with E-state index in [0.29, 0.717) is 64.0 Å². The Morgan fingerprint density at radius 2 is 1.82 bits per heavy atom. The van der Waals surface area contributed by atoms with Crippen LogP contribution in [0.1, 0.15) is 87.5 Å². The zero-order valence-electron chi connectivity index (χ0n) is 37.8. The number of nitrogen functional groups attached to an aromatic ring is 1. The third kappa shape index (κ3) is 10.9. The highest BCUT2D eigenvalue weighted by molar-refractivity contribution is 6.00. The maximum atomic E-state index is 14.4. The number of fused-ring (bicyclic) bond motifs is 1. The van der Waals surface area contributed by atoms with Gasteiger partial charge in [-0.1, -0.05) is 38.1 Å². The second kappa shape index (κ2) is 20.6. The number of aliphatic hydroxyl groups excluding tert-OH is 2. The number of nitrogens with one attached hydrogen (secondary N) is 1. The molecule has 3 aliphatic rings. The summed E-state index contributed by atoms with van der Waals surface area (Å²) in [6, 6.07) is 6.26. The first-order valence-corrected chi connectivity index (χ1v) is 22.0. The van der Waals surface area contributed by atoms with Gasteiger partial charge in [-0.05, 0) is 98.4 Å². The summed E-state index contributed by atoms with van der Waals surface area (Å²) in [7, 11) is 3.40. The molecule has 17 nitrogen and oxygen atoms in total. The Morgan fingerprint density at radius 3 is 2.49 bits per heavy atom. The summed E-state index contributed by atoms with van der Waals surface area (Å²) in [5, 5.41) is 33.5. The average molecular weight is 858 g/mol. The second-order valence-corrected chi connectivity index (χ2v) is 18.0. The SMILES string of the molecule is CC[C@H]1OC(=O)[C@H](C)C(=O)[C@H](C)[C@@H](O[C@@H]2O[C@H](C)CC(N(C)CCO)C2O)[C@](C)(OC)C[C@@H](C)CN[C@H](C)[C@H]2N(CCCCn3cc(-c4cccc(N)c4)nn3)C(=O)O[C@]12C. The Bertz CT molecular complexity index is 1780. The van der Waals surface area contributed by atoms with Crippen LogP contribution in [0.4, 0.5) is 10.5 Å². The normalized spacial score (nSPS) is 35.7. The number of hydrogen-bond donors (Lipinski definition) is 4. The molecule has 0 radical (unpaired) electrons. The molecule has 17 heteroatoms. The third-order valence-electron chi connectivity index (χ3n) is 13.2. The molecule has 0 aliphatic carbocycles. The number of carbonyl (C=O) groups is 3. The number of unbranched alkanes of at least 4 members (excludes halogenated alkanes) is 1. The van der Waals surface area contributed by atoms with E-state index in [1.165, 1.54) is 6.92 Å². The number of methoxy groups -OCH3 is 1. The van der Waals surface area contributed by atoms with Crippen molar-refractivity contribution in [1.82, 2.24) is 30.1 Å². The number of benzene rings is 1. The Balaban J connectivity index is 1.38. The first-order chi connectivity index (χ1) is 28.9. The number of nitrogens with zero attached hydrogens (tertiary/aromatic N) is 5. The number of likely N-dealkylation sites (N-methyl/N-ethyl adjacent to an activating group) is 1. The Hall–Kier alpha value is -3.71. The number of Topliss-reactive ketones (excluding diaryl/α,β-unsaturated/α-hetero) is 1. The molecule has 1 aromatic heterocycles. The largest absolute Gasteiger partial charge is 0.458 e. The van der Waals surface area contributed by atoms with E-state index >= 15 is 0 Å². The highest BCUT2D eigenvalue weighted by Gasteiger charge is 2.58. The molecule has 0 bridgehead atoms. The Labute approximate surface area is 360 Å². The van der Waals surface area contributed by atoms with E-state index in [2.05, 4.69) is 22.6 Å². The molecule has 2 unspecified atom stereocenters. The van der Waals surface area contributed by atoms with Crippen LogP contribution in [0.15, 0.2) is 30.5 Å². The van der Waals surface area contributed by atoms with Gasteiger partial charge < -0.3 is 44.9 Å². The standard InChI is InChI=1S/C44H71N7O10/c1-11-35-44(8)38(51(42(56)61-44)18-13-12-17-50-25-33(47-48-50)31-15-14-16-32(45)22-31)30(6)46-24-26(2)23-43(7,57-10)39(28(4)36(53)29(5)40(55)59-35)60-41-37(54)34(21-27(3)58-41)49(9)19-20-52/h14-16,22,25-30,34-35,37-39,41,46,52,54H,11-13,17-21,23-24,45H2,1-10H3/t26-,27-,28+,29-,30-,34?,35-,37?,38-,39-,41+,43-,44-/m1/s1. The third-order valence-corrected chi connectivity index (χ3v) is 13.2. The molecule has 0 spiro atoms. The van der Waals surface area contributed by atoms with Gasteiger partial charge in [0.2, 0.25) is 0 Å². The van der Waals surface area contributed by atoms with Crippen LogP contribution in [-0.2, 0) is 39.8 Å². The molecule has 0 saturated carbocycles. The molecule has 3 saturated heterocycles. The van der Waals surface area contributed by atoms with Gasteiger partial charge in [-0.15, -0.1) is 5.10 Å². The topological polar surface area (TPSA) is 213 Å². The molecule has 3 fully saturated rings. The Kier molecular flexibility index (Phi) is 16.4. The summed E-state index contributed by atoms with van der Waals surface area (Å²) < 4.78 is 33.3. The van der Waals surface area contributed by atoms with Crippen LogP contribution < -0.4 is 11.1 Å². The number of hydrogen-bond acceptors (Lipinski definition) is 15. The van der Waals surface area contributed by atoms with Crippen molar-refractivity contribution < 1.29 is 48.3 Å². The van der Waals surface area contributed by atoms with Crippen LogP contribution in [0.25, 0.3) is 11.3 Å². The van der Waals surface area contributed by atoms with Crippen LogP contribution in [0.2, 0.25) is 0 Å². The van der Waals surface area contributed by atoms with Gasteiger partial charge in [0, 0.05) is 56.0 Å². The molecule has 1 aromatic carbocycles. The van der Waals surface area contributed by atoms with Crippen LogP contribution in [0, 0.1) is 17.8 Å². The number of aryl methyl sites for hydroxylation is 1. The van der Waals surface area contributed by atoms with Crippen molar-refractivity contribution in [3.05, 3.63) is 30.5 Å². The summed E-state index contributed by atoms with van der Waals surface area (Å²) >= 11 is 0. The van der Waals surface area contributed by atoms with Crippen molar-refractivity contribution in [2.75, 3.05) is 46.1 Å². The van der Waals surface area contributed by atoms with Crippen molar-refractivity contribution in [2.45, 2.75) is 154 Å². The number of amides is 1. The van der Waals surface area contributed by atoms with Crippen molar-refractivity contribution in [3.63, 3.8) is 0 Å². The van der Waals surface area contributed by atoms with Crippen LogP contribution in [0.3, 0.4) is 0 Å². The van der Waals surface area contributed by atoms with Crippen LogP contribution >= 0.6 is 0 Å². The zero-order valence-corrected chi connectivity index (χ0v) is 37.8. The predicted octanol–water partition coefficient (Wildman–Crippen LogP) is 3.65. The summed E-state index contributed by atoms with van der Waals surface area (Å²) in [5.41, 5.74) is 5.88. The number of anilines is 1. The lowest BCUT2D eigenvalue weighted by Gasteiger charge is -2.47. The minimum atomic E-state index is -1.25. The summed E-state index contributed by atoms with van der Waals surface area (Å²) in [4.78, 5) is 45.9. The molecule has 5 N–H and O–H groups in total. The van der Waals surface area contributed by atoms with Crippen molar-refractivity contribution >= 4 is 23.5 Å². The fraction of sp³-hybridized carbons (Fsp3) is 0.750. The number of esters is 1. The molecule has 4 heterocycles. The van der Waals surface area contributed by atoms with Gasteiger partial charge in [0.05, 0.1) is 36.7 Å². The van der Waals surface area contributed by atoms with Gasteiger partial charge in [-0.2, -0.15) is 0 Å². The lowest BCUT2D eigenvalue weighted by atomic mass is 9.78. The first kappa shape index (κ1) is 48.3. The number of aromatic nitrogens is 3. The van der Waals surface area contributed by atoms with Crippen molar-refractivity contribution in [1.29, 1.82) is 0 Å². The fourth-order valence-electron chi connectivity index (χ4n) is 9.70. The molecular formula is C44H71N7O10. The minimum absolute atomic E-state index is 0.0413. The lowest BCUT2D eigenvalue weighted by molar-refractivity contribution is -0.296. The van der Waals surface area contributed by atoms with E-state index in [4.69, 9.17) is 29.4 Å². The molecule has 13 atom stereocenters. The highest BCUT2D eigenvalue weighted by Crippen LogP contribution is 2.40. The number of ether oxygens (including phenoxy) is 5. The lowest BCUT2D eigenvalue weighted by Crippen LogP contribution is -2.61. The van der Waals surface area contributed by atoms with E-state index in [0.717, 1.165) is 11.3 Å². The van der Waals surface area contributed by atoms with Gasteiger partial charge in [-0.25, -0.2) is 4.79 Å². The molecule has 1 amide bonds. The van der Waals surface area contributed by atoms with E-state index in [9.17, 15) is 24.6 Å². The number of cyclic esters (lactones) is 1. The van der Waals surface area contributed by atoms with Crippen LogP contribution in [-0.4, -0.2) is 153 Å². The van der Waals surface area contributed by atoms with Gasteiger partial charge in [0.1, 0.15) is 23.8 Å². The molecular weight excluding hydrogens is 787 g/mol. The maximum absolute atomic E-state index is 14.4. The van der Waals surface area contributed by atoms with Gasteiger partial charge >= 0.3 is 12.1 Å². The van der Waals surface area contributed by atoms with Gasteiger partial charge in [-0.3, -0.25) is 24.1 Å². The van der Waals surface area contributed by atoms with Gasteiger partial charge in [0.25, 0.3) is 0 Å². The number of carbonyl (C=O) groups excluding carboxylic acids is 3. The summed E-state index contributed by atoms with van der Waals surface area (Å²) in [6.07, 6.45) is -0.316. The zero-order chi connectivity index (χ0) is 44.8. The van der Waals surface area contributed by atoms with Crippen molar-refractivity contribution in [2.24, 2.45) is 17.8 Å². The summed E-state index contributed by atoms with van der Waals surface area (Å²) in [6.45, 7) is 16.5. The quantitative estimate of drug-likeness (QED) is 0.0980. The second-order valence-electron chi connectivity index (χ2n) is 18.0. The highest BCUT2D eigenvalue weighted by atomic mass is 16.7. The first-order valence-electron chi connectivity index (χ1n) is 22.0. The minimum Gasteiger partial charge on any atom is -0.458 e. The molecule has 61 heavy (non-hydrogen) atoms. The monoisotopic (exact) mass is 858 g/mol. The van der Waals surface area contributed by atoms with Crippen LogP contribution in [0.5, 0.6) is 0 Å². The summed E-state index contributed by atoms with van der Waals surface area (Å²) in [5.74, 6) is -3.31. The number of rotatable bonds is 13. The van der Waals surface area contributed by atoms with E-state index in [-0.39, 0.29) is 30.7 Å². The maximum Gasteiger partial charge on any atom is 0.410 e. The predicted molar refractivity (Wildman–Crippen MR) is 228 cm³/mol. The number of nitrogens with two attached hydrogens (primary N) is 1. The van der Waals surface area contributed by atoms with Crippen molar-refractivity contribution in [3.8, 4) is 11.3 Å². The smallest absolute Gasteiger partial charge is 0.410 e. The molecule has 342 valence electrons. The van der Waals surface area contributed by atoms with E-state index in [1.54, 1.807) is 23.6 Å². The Morgan fingerprint density at radius 1 is 1.10 bits per heavy atom. The fourth-order valence-corrected chi connectivity index (χ4v) is 9.70. The van der Waals surface area contributed by atoms with E-state index < -0.39 is 71.5 Å². The molecule has 3 aliphatic heterocycles. The van der Waals surface area contributed by atoms with Gasteiger partial charge in [0.15, 0.2) is 17.7 Å². The average Bonchev–Trinajstić information content (AvgIpc) is 3.80. The van der Waals surface area contributed by atoms with E-state index in [1.807, 2.05) is 77.0 Å². The molecule has 5 rings (SSSR count). The number of ketones is 1. The molecule has 2 aromatic rings. The number of aliphatic hydroxyl groups is 2.